The highest BCUT2D eigenvalue weighted by atomic mass is 19.3. The van der Waals surface area contributed by atoms with Gasteiger partial charge in [0.25, 0.3) is 5.91 Å². The first-order valence-electron chi connectivity index (χ1n) is 7.96. The average Bonchev–Trinajstić information content (AvgIpc) is 2.56. The number of ether oxygens (including phenoxy) is 2. The molecule has 1 aliphatic carbocycles. The Morgan fingerprint density at radius 3 is 2.44 bits per heavy atom. The molecule has 138 valence electrons. The van der Waals surface area contributed by atoms with Crippen molar-refractivity contribution in [1.82, 2.24) is 5.32 Å². The van der Waals surface area contributed by atoms with Crippen LogP contribution in [0.3, 0.4) is 0 Å². The molecule has 0 heterocycles. The van der Waals surface area contributed by atoms with Crippen LogP contribution < -0.4 is 14.8 Å². The number of alkyl halides is 2. The number of hydrogen-bond donors (Lipinski definition) is 2. The lowest BCUT2D eigenvalue weighted by Crippen LogP contribution is -2.56. The van der Waals surface area contributed by atoms with Gasteiger partial charge in [0.1, 0.15) is 5.54 Å². The summed E-state index contributed by atoms with van der Waals surface area (Å²) >= 11 is 0. The summed E-state index contributed by atoms with van der Waals surface area (Å²) in [4.78, 5) is 24.2. The van der Waals surface area contributed by atoms with E-state index in [1.165, 1.54) is 19.2 Å². The Balaban J connectivity index is 2.23. The summed E-state index contributed by atoms with van der Waals surface area (Å²) in [6.45, 7) is -1.04. The van der Waals surface area contributed by atoms with Crippen molar-refractivity contribution in [2.24, 2.45) is 5.92 Å². The van der Waals surface area contributed by atoms with Gasteiger partial charge >= 0.3 is 12.6 Å². The van der Waals surface area contributed by atoms with Crippen molar-refractivity contribution in [1.29, 1.82) is 0 Å². The normalized spacial score (nSPS) is 23.2. The highest BCUT2D eigenvalue weighted by molar-refractivity contribution is 5.98. The predicted octanol–water partition coefficient (Wildman–Crippen LogP) is 3.06. The number of carbonyl (C=O) groups is 2. The Bertz CT molecular complexity index is 642. The van der Waals surface area contributed by atoms with E-state index >= 15 is 0 Å². The Labute approximate surface area is 144 Å². The van der Waals surface area contributed by atoms with Gasteiger partial charge in [-0.2, -0.15) is 8.78 Å². The third-order valence-corrected chi connectivity index (χ3v) is 4.53. The Hall–Kier alpha value is -2.38. The number of carbonyl (C=O) groups excluding carboxylic acids is 1. The summed E-state index contributed by atoms with van der Waals surface area (Å²) < 4.78 is 34.2. The molecule has 0 spiro atoms. The molecule has 1 saturated carbocycles. The van der Waals surface area contributed by atoms with Crippen molar-refractivity contribution < 1.29 is 33.0 Å². The zero-order chi connectivity index (χ0) is 18.6. The molecular formula is C17H21F2NO5. The summed E-state index contributed by atoms with van der Waals surface area (Å²) in [7, 11) is 1.29. The van der Waals surface area contributed by atoms with Crippen LogP contribution in [0.2, 0.25) is 0 Å². The molecule has 0 unspecified atom stereocenters. The van der Waals surface area contributed by atoms with Gasteiger partial charge in [0.05, 0.1) is 7.11 Å². The van der Waals surface area contributed by atoms with Crippen LogP contribution in [0.4, 0.5) is 8.78 Å². The maximum atomic E-state index is 12.5. The lowest BCUT2D eigenvalue weighted by molar-refractivity contribution is -0.146. The van der Waals surface area contributed by atoms with Gasteiger partial charge in [0.2, 0.25) is 0 Å². The van der Waals surface area contributed by atoms with Crippen LogP contribution in [-0.4, -0.2) is 36.2 Å². The quantitative estimate of drug-likeness (QED) is 0.817. The Morgan fingerprint density at radius 1 is 1.28 bits per heavy atom. The molecule has 1 aliphatic rings. The first kappa shape index (κ1) is 19.0. The minimum Gasteiger partial charge on any atom is -0.493 e. The summed E-state index contributed by atoms with van der Waals surface area (Å²) in [6, 6.07) is 3.80. The van der Waals surface area contributed by atoms with Gasteiger partial charge in [0, 0.05) is 5.56 Å². The lowest BCUT2D eigenvalue weighted by Gasteiger charge is -2.36. The molecular weight excluding hydrogens is 336 g/mol. The van der Waals surface area contributed by atoms with Crippen LogP contribution in [0.5, 0.6) is 11.5 Å². The zero-order valence-electron chi connectivity index (χ0n) is 14.1. The molecule has 0 saturated heterocycles. The third-order valence-electron chi connectivity index (χ3n) is 4.53. The fourth-order valence-corrected chi connectivity index (χ4v) is 2.94. The second-order valence-corrected chi connectivity index (χ2v) is 6.27. The van der Waals surface area contributed by atoms with Crippen LogP contribution in [0.1, 0.15) is 43.0 Å². The molecule has 1 aromatic carbocycles. The topological polar surface area (TPSA) is 84.9 Å². The van der Waals surface area contributed by atoms with E-state index in [0.717, 1.165) is 6.07 Å². The van der Waals surface area contributed by atoms with Crippen molar-refractivity contribution in [2.75, 3.05) is 7.11 Å². The summed E-state index contributed by atoms with van der Waals surface area (Å²) in [6.07, 6.45) is 2.03. The SMILES string of the molecule is COc1ccc(C(=O)NC2(C(=O)O)CCC(C)CC2)cc1OC(F)F. The number of methoxy groups -OCH3 is 1. The van der Waals surface area contributed by atoms with E-state index in [1.54, 1.807) is 0 Å². The highest BCUT2D eigenvalue weighted by Crippen LogP contribution is 2.33. The first-order chi connectivity index (χ1) is 11.8. The molecule has 25 heavy (non-hydrogen) atoms. The van der Waals surface area contributed by atoms with Gasteiger partial charge in [-0.1, -0.05) is 6.92 Å². The zero-order valence-corrected chi connectivity index (χ0v) is 14.1. The number of aliphatic carboxylic acids is 1. The molecule has 0 atom stereocenters. The van der Waals surface area contributed by atoms with E-state index in [9.17, 15) is 23.5 Å². The van der Waals surface area contributed by atoms with Gasteiger partial charge in [-0.25, -0.2) is 4.79 Å². The fraction of sp³-hybridized carbons (Fsp3) is 0.529. The molecule has 6 nitrogen and oxygen atoms in total. The summed E-state index contributed by atoms with van der Waals surface area (Å²) in [5.41, 5.74) is -1.32. The maximum Gasteiger partial charge on any atom is 0.387 e. The van der Waals surface area contributed by atoms with Crippen molar-refractivity contribution in [2.45, 2.75) is 44.8 Å². The molecule has 0 aliphatic heterocycles. The Kier molecular flexibility index (Phi) is 5.81. The van der Waals surface area contributed by atoms with Gasteiger partial charge in [0.15, 0.2) is 11.5 Å². The standard InChI is InChI=1S/C17H21F2NO5/c1-10-5-7-17(8-6-10,15(22)23)20-14(21)11-3-4-12(24-2)13(9-11)25-16(18)19/h3-4,9-10,16H,5-8H2,1-2H3,(H,20,21)(H,22,23). The predicted molar refractivity (Wildman–Crippen MR) is 85.1 cm³/mol. The van der Waals surface area contributed by atoms with E-state index in [4.69, 9.17) is 4.74 Å². The first-order valence-corrected chi connectivity index (χ1v) is 7.96. The number of hydrogen-bond acceptors (Lipinski definition) is 4. The van der Waals surface area contributed by atoms with E-state index < -0.39 is 24.0 Å². The number of halogens is 2. The largest absolute Gasteiger partial charge is 0.493 e. The van der Waals surface area contributed by atoms with E-state index in [2.05, 4.69) is 10.1 Å². The molecule has 1 amide bonds. The molecule has 1 aromatic rings. The number of benzene rings is 1. The molecule has 1 fully saturated rings. The van der Waals surface area contributed by atoms with Gasteiger partial charge in [-0.3, -0.25) is 4.79 Å². The van der Waals surface area contributed by atoms with Crippen LogP contribution in [0.25, 0.3) is 0 Å². The smallest absolute Gasteiger partial charge is 0.387 e. The molecule has 0 bridgehead atoms. The fourth-order valence-electron chi connectivity index (χ4n) is 2.94. The van der Waals surface area contributed by atoms with Gasteiger partial charge in [-0.05, 0) is 49.8 Å². The summed E-state index contributed by atoms with van der Waals surface area (Å²) in [5, 5.41) is 12.1. The Morgan fingerprint density at radius 2 is 1.92 bits per heavy atom. The van der Waals surface area contributed by atoms with Gasteiger partial charge < -0.3 is 19.9 Å². The van der Waals surface area contributed by atoms with Crippen molar-refractivity contribution in [3.8, 4) is 11.5 Å². The number of carboxylic acid groups (broad SMARTS) is 1. The van der Waals surface area contributed by atoms with Crippen LogP contribution in [-0.2, 0) is 4.79 Å². The molecule has 8 heteroatoms. The van der Waals surface area contributed by atoms with Gasteiger partial charge in [-0.15, -0.1) is 0 Å². The van der Waals surface area contributed by atoms with E-state index in [0.29, 0.717) is 31.6 Å². The molecule has 0 aromatic heterocycles. The van der Waals surface area contributed by atoms with Crippen molar-refractivity contribution in [3.63, 3.8) is 0 Å². The minimum absolute atomic E-state index is 0.0238. The van der Waals surface area contributed by atoms with E-state index in [1.807, 2.05) is 6.92 Å². The number of rotatable bonds is 6. The lowest BCUT2D eigenvalue weighted by atomic mass is 9.77. The van der Waals surface area contributed by atoms with Crippen molar-refractivity contribution in [3.05, 3.63) is 23.8 Å². The second-order valence-electron chi connectivity index (χ2n) is 6.27. The van der Waals surface area contributed by atoms with E-state index in [-0.39, 0.29) is 17.1 Å². The monoisotopic (exact) mass is 357 g/mol. The minimum atomic E-state index is -3.07. The molecule has 2 rings (SSSR count). The van der Waals surface area contributed by atoms with Crippen LogP contribution >= 0.6 is 0 Å². The molecule has 2 N–H and O–H groups in total. The maximum absolute atomic E-state index is 12.5. The number of nitrogens with one attached hydrogen (secondary N) is 1. The number of carboxylic acids is 1. The highest BCUT2D eigenvalue weighted by Gasteiger charge is 2.42. The van der Waals surface area contributed by atoms with Crippen molar-refractivity contribution >= 4 is 11.9 Å². The third kappa shape index (κ3) is 4.37. The van der Waals surface area contributed by atoms with Crippen LogP contribution in [0.15, 0.2) is 18.2 Å². The number of amides is 1. The second kappa shape index (κ2) is 7.67. The average molecular weight is 357 g/mol. The summed E-state index contributed by atoms with van der Waals surface area (Å²) in [5.74, 6) is -1.58. The molecule has 0 radical (unpaired) electrons. The van der Waals surface area contributed by atoms with Crippen LogP contribution in [0, 0.1) is 5.92 Å².